The van der Waals surface area contributed by atoms with Gasteiger partial charge in [-0.1, -0.05) is 36.4 Å². The minimum absolute atomic E-state index is 0.258. The smallest absolute Gasteiger partial charge is 0.252 e. The number of aromatic nitrogens is 2. The van der Waals surface area contributed by atoms with Crippen molar-refractivity contribution >= 4 is 16.8 Å². The van der Waals surface area contributed by atoms with Gasteiger partial charge in [0.15, 0.2) is 0 Å². The fourth-order valence-electron chi connectivity index (χ4n) is 3.09. The number of rotatable bonds is 5. The van der Waals surface area contributed by atoms with Crippen molar-refractivity contribution in [3.8, 4) is 11.3 Å². The molecule has 0 saturated carbocycles. The molecule has 1 N–H and O–H groups in total. The molecule has 5 heteroatoms. The van der Waals surface area contributed by atoms with Gasteiger partial charge in [-0.2, -0.15) is 0 Å². The van der Waals surface area contributed by atoms with Crippen LogP contribution in [-0.2, 0) is 6.42 Å². The van der Waals surface area contributed by atoms with E-state index < -0.39 is 5.82 Å². The Kier molecular flexibility index (Phi) is 5.06. The molecule has 138 valence electrons. The van der Waals surface area contributed by atoms with Gasteiger partial charge in [0.1, 0.15) is 5.82 Å². The summed E-state index contributed by atoms with van der Waals surface area (Å²) in [7, 11) is 0. The molecule has 0 saturated heterocycles. The van der Waals surface area contributed by atoms with E-state index in [1.807, 2.05) is 48.5 Å². The van der Waals surface area contributed by atoms with Crippen LogP contribution in [0.5, 0.6) is 0 Å². The predicted molar refractivity (Wildman–Crippen MR) is 107 cm³/mol. The Morgan fingerprint density at radius 1 is 0.964 bits per heavy atom. The number of carbonyl (C=O) groups excluding carboxylic acids is 1. The third-order valence-corrected chi connectivity index (χ3v) is 4.48. The lowest BCUT2D eigenvalue weighted by Gasteiger charge is -2.11. The van der Waals surface area contributed by atoms with Gasteiger partial charge in [-0.15, -0.1) is 0 Å². The van der Waals surface area contributed by atoms with Crippen LogP contribution < -0.4 is 5.32 Å². The number of benzene rings is 2. The molecule has 0 aliphatic carbocycles. The van der Waals surface area contributed by atoms with E-state index in [0.717, 1.165) is 11.3 Å². The molecule has 28 heavy (non-hydrogen) atoms. The van der Waals surface area contributed by atoms with Crippen LogP contribution in [0.25, 0.3) is 22.2 Å². The van der Waals surface area contributed by atoms with Gasteiger partial charge in [-0.3, -0.25) is 9.78 Å². The minimum atomic E-state index is -0.399. The van der Waals surface area contributed by atoms with E-state index in [0.29, 0.717) is 35.1 Å². The van der Waals surface area contributed by atoms with E-state index in [1.165, 1.54) is 12.1 Å². The molecule has 4 nitrogen and oxygen atoms in total. The van der Waals surface area contributed by atoms with Crippen molar-refractivity contribution in [3.63, 3.8) is 0 Å². The van der Waals surface area contributed by atoms with Crippen molar-refractivity contribution in [3.05, 3.63) is 96.1 Å². The lowest BCUT2D eigenvalue weighted by atomic mass is 10.0. The first-order chi connectivity index (χ1) is 13.7. The highest BCUT2D eigenvalue weighted by molar-refractivity contribution is 6.07. The van der Waals surface area contributed by atoms with Crippen molar-refractivity contribution < 1.29 is 9.18 Å². The summed E-state index contributed by atoms with van der Waals surface area (Å²) < 4.78 is 13.8. The summed E-state index contributed by atoms with van der Waals surface area (Å²) in [5.74, 6) is -0.657. The molecule has 4 aromatic rings. The first kappa shape index (κ1) is 17.8. The Labute approximate surface area is 162 Å². The normalized spacial score (nSPS) is 10.8. The Balaban J connectivity index is 1.65. The maximum atomic E-state index is 13.8. The molecule has 0 spiro atoms. The van der Waals surface area contributed by atoms with E-state index in [1.54, 1.807) is 18.3 Å². The van der Waals surface area contributed by atoms with E-state index >= 15 is 0 Å². The molecule has 2 aromatic heterocycles. The molecule has 2 heterocycles. The SMILES string of the molecule is O=C(NCCc1ccccn1)c1cc(-c2ccccc2)nc2ccc(F)cc12. The summed E-state index contributed by atoms with van der Waals surface area (Å²) >= 11 is 0. The van der Waals surface area contributed by atoms with Crippen molar-refractivity contribution in [2.24, 2.45) is 0 Å². The number of hydrogen-bond donors (Lipinski definition) is 1. The lowest BCUT2D eigenvalue weighted by Crippen LogP contribution is -2.26. The summed E-state index contributed by atoms with van der Waals surface area (Å²) in [4.78, 5) is 21.7. The zero-order chi connectivity index (χ0) is 19.3. The van der Waals surface area contributed by atoms with Crippen molar-refractivity contribution in [2.75, 3.05) is 6.54 Å². The number of fused-ring (bicyclic) bond motifs is 1. The molecule has 0 aliphatic rings. The van der Waals surface area contributed by atoms with Crippen LogP contribution in [0.1, 0.15) is 16.1 Å². The average Bonchev–Trinajstić information content (AvgIpc) is 2.74. The summed E-state index contributed by atoms with van der Waals surface area (Å²) in [6.07, 6.45) is 2.35. The van der Waals surface area contributed by atoms with Crippen LogP contribution in [0.3, 0.4) is 0 Å². The highest BCUT2D eigenvalue weighted by atomic mass is 19.1. The zero-order valence-electron chi connectivity index (χ0n) is 15.1. The molecule has 0 unspecified atom stereocenters. The van der Waals surface area contributed by atoms with Gasteiger partial charge in [0.2, 0.25) is 0 Å². The Morgan fingerprint density at radius 2 is 1.79 bits per heavy atom. The maximum Gasteiger partial charge on any atom is 0.252 e. The second-order valence-electron chi connectivity index (χ2n) is 6.41. The second-order valence-corrected chi connectivity index (χ2v) is 6.41. The van der Waals surface area contributed by atoms with Gasteiger partial charge in [0.25, 0.3) is 5.91 Å². The first-order valence-electron chi connectivity index (χ1n) is 9.04. The number of nitrogens with one attached hydrogen (secondary N) is 1. The highest BCUT2D eigenvalue weighted by Gasteiger charge is 2.14. The van der Waals surface area contributed by atoms with Gasteiger partial charge in [0.05, 0.1) is 16.8 Å². The molecule has 0 fully saturated rings. The van der Waals surface area contributed by atoms with Crippen LogP contribution in [0.2, 0.25) is 0 Å². The van der Waals surface area contributed by atoms with Gasteiger partial charge < -0.3 is 5.32 Å². The molecule has 4 rings (SSSR count). The van der Waals surface area contributed by atoms with Crippen LogP contribution in [-0.4, -0.2) is 22.4 Å². The topological polar surface area (TPSA) is 54.9 Å². The number of amides is 1. The van der Waals surface area contributed by atoms with Crippen molar-refractivity contribution in [2.45, 2.75) is 6.42 Å². The Hall–Kier alpha value is -3.60. The van der Waals surface area contributed by atoms with Crippen LogP contribution in [0.4, 0.5) is 4.39 Å². The third-order valence-electron chi connectivity index (χ3n) is 4.48. The molecule has 1 amide bonds. The molecule has 0 radical (unpaired) electrons. The molecule has 0 bridgehead atoms. The van der Waals surface area contributed by atoms with Gasteiger partial charge in [0, 0.05) is 35.8 Å². The van der Waals surface area contributed by atoms with Gasteiger partial charge in [-0.25, -0.2) is 9.37 Å². The monoisotopic (exact) mass is 371 g/mol. The number of nitrogens with zero attached hydrogens (tertiary/aromatic N) is 2. The summed E-state index contributed by atoms with van der Waals surface area (Å²) in [6, 6.07) is 21.3. The number of pyridine rings is 2. The molecule has 2 aromatic carbocycles. The fraction of sp³-hybridized carbons (Fsp3) is 0.0870. The van der Waals surface area contributed by atoms with Gasteiger partial charge >= 0.3 is 0 Å². The standard InChI is InChI=1S/C23H18FN3O/c24-17-9-10-21-19(14-17)20(15-22(27-21)16-6-2-1-3-7-16)23(28)26-13-11-18-8-4-5-12-25-18/h1-10,12,14-15H,11,13H2,(H,26,28). The predicted octanol–water partition coefficient (Wildman–Crippen LogP) is 4.41. The minimum Gasteiger partial charge on any atom is -0.352 e. The summed E-state index contributed by atoms with van der Waals surface area (Å²) in [6.45, 7) is 0.440. The van der Waals surface area contributed by atoms with E-state index in [2.05, 4.69) is 15.3 Å². The maximum absolute atomic E-state index is 13.8. The molecule has 0 aliphatic heterocycles. The zero-order valence-corrected chi connectivity index (χ0v) is 15.1. The van der Waals surface area contributed by atoms with Crippen LogP contribution >= 0.6 is 0 Å². The van der Waals surface area contributed by atoms with E-state index in [4.69, 9.17) is 0 Å². The average molecular weight is 371 g/mol. The number of hydrogen-bond acceptors (Lipinski definition) is 3. The summed E-state index contributed by atoms with van der Waals surface area (Å²) in [5.41, 5.74) is 3.46. The largest absolute Gasteiger partial charge is 0.352 e. The van der Waals surface area contributed by atoms with Crippen molar-refractivity contribution in [1.29, 1.82) is 0 Å². The second kappa shape index (κ2) is 7.96. The quantitative estimate of drug-likeness (QED) is 0.565. The Bertz CT molecular complexity index is 1110. The van der Waals surface area contributed by atoms with E-state index in [9.17, 15) is 9.18 Å². The highest BCUT2D eigenvalue weighted by Crippen LogP contribution is 2.25. The van der Waals surface area contributed by atoms with Crippen molar-refractivity contribution in [1.82, 2.24) is 15.3 Å². The fourth-order valence-corrected chi connectivity index (χ4v) is 3.09. The first-order valence-corrected chi connectivity index (χ1v) is 9.04. The third kappa shape index (κ3) is 3.88. The number of halogens is 1. The summed E-state index contributed by atoms with van der Waals surface area (Å²) in [5, 5.41) is 3.40. The van der Waals surface area contributed by atoms with Crippen LogP contribution in [0.15, 0.2) is 79.0 Å². The molecular weight excluding hydrogens is 353 g/mol. The van der Waals surface area contributed by atoms with Gasteiger partial charge in [-0.05, 0) is 36.4 Å². The van der Waals surface area contributed by atoms with E-state index in [-0.39, 0.29) is 5.91 Å². The van der Waals surface area contributed by atoms with Crippen LogP contribution in [0, 0.1) is 5.82 Å². The number of carbonyl (C=O) groups is 1. The molecule has 0 atom stereocenters. The lowest BCUT2D eigenvalue weighted by molar-refractivity contribution is 0.0955. The molecular formula is C23H18FN3O. The Morgan fingerprint density at radius 3 is 2.57 bits per heavy atom.